The van der Waals surface area contributed by atoms with E-state index in [-0.39, 0.29) is 5.82 Å². The van der Waals surface area contributed by atoms with Gasteiger partial charge < -0.3 is 4.90 Å². The van der Waals surface area contributed by atoms with Crippen molar-refractivity contribution in [3.63, 3.8) is 0 Å². The van der Waals surface area contributed by atoms with Gasteiger partial charge in [0, 0.05) is 53.7 Å². The molecular formula is C31H32FN5. The lowest BCUT2D eigenvalue weighted by molar-refractivity contribution is 0.170. The van der Waals surface area contributed by atoms with E-state index >= 15 is 0 Å². The first-order valence-corrected chi connectivity index (χ1v) is 12.9. The van der Waals surface area contributed by atoms with Crippen LogP contribution in [0.5, 0.6) is 0 Å². The molecule has 2 aromatic carbocycles. The van der Waals surface area contributed by atoms with Gasteiger partial charge in [0.15, 0.2) is 0 Å². The summed E-state index contributed by atoms with van der Waals surface area (Å²) in [6, 6.07) is 19.7. The van der Waals surface area contributed by atoms with Crippen molar-refractivity contribution in [2.24, 2.45) is 0 Å². The quantitative estimate of drug-likeness (QED) is 0.287. The first kappa shape index (κ1) is 23.6. The van der Waals surface area contributed by atoms with Gasteiger partial charge >= 0.3 is 0 Å². The predicted octanol–water partition coefficient (Wildman–Crippen LogP) is 6.50. The Hall–Kier alpha value is -3.77. The van der Waals surface area contributed by atoms with Gasteiger partial charge in [0.05, 0.1) is 11.9 Å². The topological polar surface area (TPSA) is 36.7 Å². The number of halogens is 1. The van der Waals surface area contributed by atoms with Crippen LogP contribution in [0.3, 0.4) is 0 Å². The van der Waals surface area contributed by atoms with Gasteiger partial charge in [0.1, 0.15) is 17.0 Å². The molecule has 0 N–H and O–H groups in total. The molecule has 0 spiro atoms. The number of pyridine rings is 2. The normalized spacial score (nSPS) is 18.7. The standard InChI is InChI=1S/C31H32FN5/c1-19-12-27-26(14-20(2)34-31(27)28(32)13-19)29-16-33-30-15-24(10-11-37(29)30)23-6-8-25(9-7-23)36-17-21(3)35(5)22(4)18-36/h6-16,21-22H,17-18H2,1-5H3/t21-,22+. The number of anilines is 1. The van der Waals surface area contributed by atoms with Crippen LogP contribution >= 0.6 is 0 Å². The Morgan fingerprint density at radius 1 is 0.892 bits per heavy atom. The lowest BCUT2D eigenvalue weighted by Crippen LogP contribution is -2.55. The van der Waals surface area contributed by atoms with Crippen molar-refractivity contribution in [3.8, 4) is 22.4 Å². The van der Waals surface area contributed by atoms with Crippen LogP contribution in [0.4, 0.5) is 10.1 Å². The molecular weight excluding hydrogens is 461 g/mol. The van der Waals surface area contributed by atoms with E-state index in [1.54, 1.807) is 0 Å². The number of aryl methyl sites for hydroxylation is 2. The van der Waals surface area contributed by atoms with E-state index in [1.807, 2.05) is 32.2 Å². The number of benzene rings is 2. The summed E-state index contributed by atoms with van der Waals surface area (Å²) in [5, 5.41) is 0.803. The first-order chi connectivity index (χ1) is 17.8. The summed E-state index contributed by atoms with van der Waals surface area (Å²) < 4.78 is 16.8. The minimum atomic E-state index is -0.292. The molecule has 6 rings (SSSR count). The van der Waals surface area contributed by atoms with Crippen molar-refractivity contribution in [2.75, 3.05) is 25.0 Å². The van der Waals surface area contributed by atoms with Crippen LogP contribution in [0.2, 0.25) is 0 Å². The SMILES string of the molecule is Cc1cc(F)c2nc(C)cc(-c3cnc4cc(-c5ccc(N6C[C@@H](C)N(C)[C@@H](C)C6)cc5)ccn34)c2c1. The van der Waals surface area contributed by atoms with Crippen molar-refractivity contribution in [2.45, 2.75) is 39.8 Å². The van der Waals surface area contributed by atoms with Crippen LogP contribution in [-0.4, -0.2) is 51.5 Å². The van der Waals surface area contributed by atoms with E-state index in [9.17, 15) is 4.39 Å². The molecule has 1 aliphatic rings. The Balaban J connectivity index is 1.34. The van der Waals surface area contributed by atoms with Gasteiger partial charge in [-0.15, -0.1) is 0 Å². The smallest absolute Gasteiger partial charge is 0.149 e. The molecule has 1 saturated heterocycles. The monoisotopic (exact) mass is 493 g/mol. The van der Waals surface area contributed by atoms with E-state index in [4.69, 9.17) is 4.98 Å². The molecule has 0 amide bonds. The van der Waals surface area contributed by atoms with Gasteiger partial charge in [0.2, 0.25) is 0 Å². The molecule has 5 nitrogen and oxygen atoms in total. The summed E-state index contributed by atoms with van der Waals surface area (Å²) in [5.74, 6) is -0.292. The summed E-state index contributed by atoms with van der Waals surface area (Å²) >= 11 is 0. The van der Waals surface area contributed by atoms with Gasteiger partial charge in [-0.2, -0.15) is 0 Å². The van der Waals surface area contributed by atoms with Crippen LogP contribution in [0.25, 0.3) is 38.9 Å². The van der Waals surface area contributed by atoms with Gasteiger partial charge in [-0.1, -0.05) is 12.1 Å². The average Bonchev–Trinajstić information content (AvgIpc) is 3.30. The zero-order valence-electron chi connectivity index (χ0n) is 22.0. The molecule has 5 aromatic rings. The first-order valence-electron chi connectivity index (χ1n) is 12.9. The van der Waals surface area contributed by atoms with Crippen LogP contribution < -0.4 is 4.90 Å². The molecule has 2 atom stereocenters. The van der Waals surface area contributed by atoms with Crippen LogP contribution in [0, 0.1) is 19.7 Å². The van der Waals surface area contributed by atoms with Gasteiger partial charge in [-0.05, 0) is 93.9 Å². The minimum absolute atomic E-state index is 0.292. The highest BCUT2D eigenvalue weighted by atomic mass is 19.1. The number of fused-ring (bicyclic) bond motifs is 2. The Morgan fingerprint density at radius 2 is 1.62 bits per heavy atom. The zero-order valence-corrected chi connectivity index (χ0v) is 22.0. The van der Waals surface area contributed by atoms with Crippen molar-refractivity contribution in [3.05, 3.63) is 84.1 Å². The number of hydrogen-bond donors (Lipinski definition) is 0. The van der Waals surface area contributed by atoms with Crippen LogP contribution in [0.15, 0.2) is 67.0 Å². The number of aromatic nitrogens is 3. The lowest BCUT2D eigenvalue weighted by atomic mass is 10.0. The predicted molar refractivity (Wildman–Crippen MR) is 150 cm³/mol. The molecule has 1 fully saturated rings. The maximum atomic E-state index is 14.7. The minimum Gasteiger partial charge on any atom is -0.368 e. The van der Waals surface area contributed by atoms with Crippen LogP contribution in [0.1, 0.15) is 25.1 Å². The van der Waals surface area contributed by atoms with Crippen molar-refractivity contribution < 1.29 is 4.39 Å². The Labute approximate surface area is 217 Å². The number of imidazole rings is 1. The molecule has 3 aromatic heterocycles. The van der Waals surface area contributed by atoms with Crippen LogP contribution in [-0.2, 0) is 0 Å². The highest BCUT2D eigenvalue weighted by molar-refractivity contribution is 5.95. The second-order valence-electron chi connectivity index (χ2n) is 10.6. The lowest BCUT2D eigenvalue weighted by Gasteiger charge is -2.43. The highest BCUT2D eigenvalue weighted by Gasteiger charge is 2.26. The van der Waals surface area contributed by atoms with E-state index in [2.05, 4.69) is 82.7 Å². The third-order valence-electron chi connectivity index (χ3n) is 7.85. The number of piperazine rings is 1. The van der Waals surface area contributed by atoms with Gasteiger partial charge in [-0.25, -0.2) is 9.37 Å². The van der Waals surface area contributed by atoms with E-state index in [1.165, 1.54) is 11.8 Å². The van der Waals surface area contributed by atoms with Gasteiger partial charge in [0.25, 0.3) is 0 Å². The van der Waals surface area contributed by atoms with Crippen molar-refractivity contribution >= 4 is 22.2 Å². The number of likely N-dealkylation sites (N-methyl/N-ethyl adjacent to an activating group) is 1. The molecule has 1 aliphatic heterocycles. The Bertz CT molecular complexity index is 1610. The number of rotatable bonds is 3. The summed E-state index contributed by atoms with van der Waals surface area (Å²) in [6.07, 6.45) is 3.92. The average molecular weight is 494 g/mol. The van der Waals surface area contributed by atoms with E-state index < -0.39 is 0 Å². The van der Waals surface area contributed by atoms with Crippen molar-refractivity contribution in [1.29, 1.82) is 0 Å². The second kappa shape index (κ2) is 8.96. The zero-order chi connectivity index (χ0) is 25.8. The summed E-state index contributed by atoms with van der Waals surface area (Å²) in [5.41, 5.74) is 8.31. The summed E-state index contributed by atoms with van der Waals surface area (Å²) in [4.78, 5) is 14.1. The molecule has 0 bridgehead atoms. The Morgan fingerprint density at radius 3 is 2.35 bits per heavy atom. The molecule has 0 saturated carbocycles. The van der Waals surface area contributed by atoms with E-state index in [0.29, 0.717) is 17.6 Å². The fraction of sp³-hybridized carbons (Fsp3) is 0.290. The molecule has 188 valence electrons. The number of nitrogens with zero attached hydrogens (tertiary/aromatic N) is 5. The fourth-order valence-corrected chi connectivity index (χ4v) is 5.60. The maximum absolute atomic E-state index is 14.7. The molecule has 4 heterocycles. The molecule has 37 heavy (non-hydrogen) atoms. The summed E-state index contributed by atoms with van der Waals surface area (Å²) in [6.45, 7) is 10.5. The second-order valence-corrected chi connectivity index (χ2v) is 10.6. The molecule has 6 heteroatoms. The third kappa shape index (κ3) is 4.15. The summed E-state index contributed by atoms with van der Waals surface area (Å²) in [7, 11) is 2.21. The number of hydrogen-bond acceptors (Lipinski definition) is 4. The van der Waals surface area contributed by atoms with Crippen molar-refractivity contribution in [1.82, 2.24) is 19.3 Å². The molecule has 0 unspecified atom stereocenters. The molecule has 0 aliphatic carbocycles. The third-order valence-corrected chi connectivity index (χ3v) is 7.85. The Kier molecular flexibility index (Phi) is 5.72. The van der Waals surface area contributed by atoms with Gasteiger partial charge in [-0.3, -0.25) is 14.3 Å². The molecule has 0 radical (unpaired) electrons. The highest BCUT2D eigenvalue weighted by Crippen LogP contribution is 2.33. The fourth-order valence-electron chi connectivity index (χ4n) is 5.60. The van der Waals surface area contributed by atoms with E-state index in [0.717, 1.165) is 57.8 Å². The largest absolute Gasteiger partial charge is 0.368 e. The maximum Gasteiger partial charge on any atom is 0.149 e.